The topological polar surface area (TPSA) is 132 Å². The van der Waals surface area contributed by atoms with Crippen molar-refractivity contribution in [1.29, 1.82) is 0 Å². The molecule has 0 unspecified atom stereocenters. The van der Waals surface area contributed by atoms with E-state index in [1.54, 1.807) is 33.2 Å². The van der Waals surface area contributed by atoms with Crippen LogP contribution >= 0.6 is 0 Å². The lowest BCUT2D eigenvalue weighted by Gasteiger charge is -2.41. The van der Waals surface area contributed by atoms with Crippen LogP contribution in [0.4, 0.5) is 0 Å². The second-order valence-corrected chi connectivity index (χ2v) is 17.3. The molecule has 1 saturated heterocycles. The number of ketones is 2. The fraction of sp³-hybridized carbons (Fsp3) is 0.653. The summed E-state index contributed by atoms with van der Waals surface area (Å²) >= 11 is 0. The number of carbonyl (C=O) groups is 5. The molecular formula is C49H77N3O8. The van der Waals surface area contributed by atoms with Crippen LogP contribution in [-0.4, -0.2) is 104 Å². The van der Waals surface area contributed by atoms with E-state index in [1.807, 2.05) is 100 Å². The molecule has 1 N–H and O–H groups in total. The Morgan fingerprint density at radius 3 is 1.93 bits per heavy atom. The molecule has 0 radical (unpaired) electrons. The Labute approximate surface area is 361 Å². The van der Waals surface area contributed by atoms with Crippen LogP contribution in [0.1, 0.15) is 106 Å². The number of likely N-dealkylation sites (tertiary alicyclic amines) is 1. The van der Waals surface area contributed by atoms with Gasteiger partial charge in [0.05, 0.1) is 42.7 Å². The number of benzene rings is 2. The molecule has 336 valence electrons. The SMILES string of the molecule is C.CC[C@H](C)[C@@H]([C@@H](CC(=O)N1CCC[C@H]1[C@H](OC)[C@@H](C)C(=O)C[C@@H](Cc1ccccc1)C(=O)OCc1ccccc1)OC)N(C)C(=O)[C@@H](CC(=O)[C@@H](NC)C(C)C)C(C)C. The monoisotopic (exact) mass is 836 g/mol. The molecule has 9 atom stereocenters. The molecule has 3 rings (SSSR count). The highest BCUT2D eigenvalue weighted by molar-refractivity contribution is 5.90. The summed E-state index contributed by atoms with van der Waals surface area (Å²) in [6, 6.07) is 17.9. The quantitative estimate of drug-likeness (QED) is 0.101. The largest absolute Gasteiger partial charge is 0.461 e. The van der Waals surface area contributed by atoms with E-state index in [2.05, 4.69) is 19.2 Å². The van der Waals surface area contributed by atoms with Crippen molar-refractivity contribution in [2.45, 2.75) is 138 Å². The van der Waals surface area contributed by atoms with E-state index in [-0.39, 0.29) is 86.5 Å². The Morgan fingerprint density at radius 1 is 0.817 bits per heavy atom. The first kappa shape index (κ1) is 52.2. The number of carbonyl (C=O) groups excluding carboxylic acids is 5. The lowest BCUT2D eigenvalue weighted by molar-refractivity contribution is -0.152. The first-order valence-corrected chi connectivity index (χ1v) is 21.7. The van der Waals surface area contributed by atoms with Gasteiger partial charge in [-0.15, -0.1) is 0 Å². The fourth-order valence-corrected chi connectivity index (χ4v) is 8.83. The molecule has 1 aliphatic heterocycles. The molecule has 11 heteroatoms. The van der Waals surface area contributed by atoms with E-state index < -0.39 is 42.0 Å². The number of methoxy groups -OCH3 is 2. The lowest BCUT2D eigenvalue weighted by atomic mass is 9.84. The van der Waals surface area contributed by atoms with Crippen molar-refractivity contribution in [3.8, 4) is 0 Å². The van der Waals surface area contributed by atoms with Crippen molar-refractivity contribution in [3.63, 3.8) is 0 Å². The van der Waals surface area contributed by atoms with Crippen LogP contribution in [-0.2, 0) is 51.2 Å². The van der Waals surface area contributed by atoms with Gasteiger partial charge >= 0.3 is 5.97 Å². The van der Waals surface area contributed by atoms with Gasteiger partial charge in [0.25, 0.3) is 0 Å². The van der Waals surface area contributed by atoms with Gasteiger partial charge in [-0.3, -0.25) is 24.0 Å². The molecule has 2 amide bonds. The minimum absolute atomic E-state index is 0. The highest BCUT2D eigenvalue weighted by Gasteiger charge is 2.43. The Bertz CT molecular complexity index is 1620. The summed E-state index contributed by atoms with van der Waals surface area (Å²) in [6.07, 6.45) is 1.44. The Kier molecular flexibility index (Phi) is 22.4. The molecule has 11 nitrogen and oxygen atoms in total. The third-order valence-corrected chi connectivity index (χ3v) is 12.6. The van der Waals surface area contributed by atoms with Crippen LogP contribution in [0, 0.1) is 35.5 Å². The van der Waals surface area contributed by atoms with Crippen LogP contribution < -0.4 is 5.32 Å². The van der Waals surface area contributed by atoms with Crippen molar-refractivity contribution in [3.05, 3.63) is 71.8 Å². The van der Waals surface area contributed by atoms with Crippen molar-refractivity contribution in [2.24, 2.45) is 35.5 Å². The molecule has 60 heavy (non-hydrogen) atoms. The molecule has 0 aromatic heterocycles. The maximum atomic E-state index is 14.4. The third kappa shape index (κ3) is 14.3. The standard InChI is InChI=1S/C48H73N3O8.CH4/c1-12-33(6)45(50(9)47(55)38(31(2)3)28-41(53)44(49-8)32(4)5)42(57-10)29-43(54)51-25-19-24-39(51)46(58-11)34(7)40(52)27-37(26-35-20-15-13-16-21-35)48(56)59-30-36-22-17-14-18-23-36;/h13-18,20-23,31-34,37-39,42,44-46,49H,12,19,24-30H2,1-11H3;1H4/t33-,34-,37+,38-,39-,42+,44-,45-,46+;/m0./s1. The van der Waals surface area contributed by atoms with Gasteiger partial charge in [-0.2, -0.15) is 0 Å². The summed E-state index contributed by atoms with van der Waals surface area (Å²) < 4.78 is 17.8. The average molecular weight is 836 g/mol. The van der Waals surface area contributed by atoms with Crippen molar-refractivity contribution in [2.75, 3.05) is 34.9 Å². The molecule has 0 bridgehead atoms. The van der Waals surface area contributed by atoms with Crippen LogP contribution in [0.15, 0.2) is 60.7 Å². The van der Waals surface area contributed by atoms with E-state index in [0.29, 0.717) is 19.4 Å². The predicted molar refractivity (Wildman–Crippen MR) is 238 cm³/mol. The number of likely N-dealkylation sites (N-methyl/N-ethyl adjacent to an activating group) is 2. The summed E-state index contributed by atoms with van der Waals surface area (Å²) in [5, 5.41) is 3.12. The molecule has 1 heterocycles. The molecule has 0 saturated carbocycles. The highest BCUT2D eigenvalue weighted by Crippen LogP contribution is 2.32. The number of rotatable bonds is 25. The van der Waals surface area contributed by atoms with Crippen LogP contribution in [0.2, 0.25) is 0 Å². The second-order valence-electron chi connectivity index (χ2n) is 17.3. The number of nitrogens with zero attached hydrogens (tertiary/aromatic N) is 2. The molecule has 0 spiro atoms. The third-order valence-electron chi connectivity index (χ3n) is 12.6. The number of hydrogen-bond acceptors (Lipinski definition) is 9. The van der Waals surface area contributed by atoms with E-state index in [1.165, 1.54) is 0 Å². The summed E-state index contributed by atoms with van der Waals surface area (Å²) in [4.78, 5) is 73.2. The number of amides is 2. The molecular weight excluding hydrogens is 759 g/mol. The van der Waals surface area contributed by atoms with E-state index >= 15 is 0 Å². The lowest BCUT2D eigenvalue weighted by Crippen LogP contribution is -2.54. The van der Waals surface area contributed by atoms with Gasteiger partial charge in [0, 0.05) is 52.5 Å². The number of hydrogen-bond donors (Lipinski definition) is 1. The maximum absolute atomic E-state index is 14.4. The van der Waals surface area contributed by atoms with E-state index in [9.17, 15) is 24.0 Å². The smallest absolute Gasteiger partial charge is 0.310 e. The van der Waals surface area contributed by atoms with E-state index in [4.69, 9.17) is 14.2 Å². The number of nitrogens with one attached hydrogen (secondary N) is 1. The summed E-state index contributed by atoms with van der Waals surface area (Å²) in [5.74, 6) is -2.64. The number of Topliss-reactive ketones (excluding diaryl/α,β-unsaturated/α-hetero) is 2. The Morgan fingerprint density at radius 2 is 1.42 bits per heavy atom. The fourth-order valence-electron chi connectivity index (χ4n) is 8.83. The zero-order valence-corrected chi connectivity index (χ0v) is 37.6. The van der Waals surface area contributed by atoms with Gasteiger partial charge in [0.2, 0.25) is 11.8 Å². The molecule has 0 aliphatic carbocycles. The van der Waals surface area contributed by atoms with Gasteiger partial charge in [0.15, 0.2) is 5.78 Å². The zero-order chi connectivity index (χ0) is 43.8. The van der Waals surface area contributed by atoms with Crippen molar-refractivity contribution in [1.82, 2.24) is 15.1 Å². The highest BCUT2D eigenvalue weighted by atomic mass is 16.5. The molecule has 2 aromatic rings. The maximum Gasteiger partial charge on any atom is 0.310 e. The van der Waals surface area contributed by atoms with Crippen LogP contribution in [0.25, 0.3) is 0 Å². The second kappa shape index (κ2) is 25.8. The van der Waals surface area contributed by atoms with Crippen molar-refractivity contribution >= 4 is 29.4 Å². The van der Waals surface area contributed by atoms with Gasteiger partial charge in [-0.25, -0.2) is 0 Å². The first-order chi connectivity index (χ1) is 28.1. The molecule has 1 aliphatic rings. The average Bonchev–Trinajstić information content (AvgIpc) is 3.71. The summed E-state index contributed by atoms with van der Waals surface area (Å²) in [6.45, 7) is 14.5. The minimum atomic E-state index is -0.692. The van der Waals surface area contributed by atoms with Crippen LogP contribution in [0.3, 0.4) is 0 Å². The van der Waals surface area contributed by atoms with Gasteiger partial charge in [-0.1, -0.05) is 123 Å². The Hall–Kier alpha value is -3.93. The zero-order valence-electron chi connectivity index (χ0n) is 37.6. The number of ether oxygens (including phenoxy) is 3. The normalized spacial score (nSPS) is 18.1. The number of esters is 1. The summed E-state index contributed by atoms with van der Waals surface area (Å²) in [5.41, 5.74) is 1.80. The Balaban J connectivity index is 0.0000124. The predicted octanol–water partition coefficient (Wildman–Crippen LogP) is 7.58. The van der Waals surface area contributed by atoms with E-state index in [0.717, 1.165) is 24.0 Å². The molecule has 2 aromatic carbocycles. The van der Waals surface area contributed by atoms with Gasteiger partial charge in [-0.05, 0) is 55.2 Å². The van der Waals surface area contributed by atoms with Gasteiger partial charge < -0.3 is 29.3 Å². The van der Waals surface area contributed by atoms with Crippen LogP contribution in [0.5, 0.6) is 0 Å². The first-order valence-electron chi connectivity index (χ1n) is 21.7. The minimum Gasteiger partial charge on any atom is -0.461 e. The van der Waals surface area contributed by atoms with Gasteiger partial charge in [0.1, 0.15) is 12.4 Å². The summed E-state index contributed by atoms with van der Waals surface area (Å²) in [7, 11) is 6.68. The molecule has 1 fully saturated rings. The van der Waals surface area contributed by atoms with Crippen molar-refractivity contribution < 1.29 is 38.2 Å².